The first-order chi connectivity index (χ1) is 16.9. The van der Waals surface area contributed by atoms with E-state index in [2.05, 4.69) is 4.72 Å². The zero-order valence-corrected chi connectivity index (χ0v) is 20.5. The Morgan fingerprint density at radius 3 is 2.31 bits per heavy atom. The Labute approximate surface area is 206 Å². The maximum atomic E-state index is 13.6. The van der Waals surface area contributed by atoms with E-state index in [9.17, 15) is 27.5 Å². The summed E-state index contributed by atoms with van der Waals surface area (Å²) in [5, 5.41) is 11.2. The molecule has 1 aromatic heterocycles. The molecule has 10 heteroatoms. The Morgan fingerprint density at radius 1 is 0.972 bits per heavy atom. The lowest BCUT2D eigenvalue weighted by molar-refractivity contribution is -0.153. The molecule has 0 saturated heterocycles. The van der Waals surface area contributed by atoms with Gasteiger partial charge in [0.15, 0.2) is 5.78 Å². The Kier molecular flexibility index (Phi) is 6.32. The van der Waals surface area contributed by atoms with Crippen molar-refractivity contribution < 1.29 is 32.3 Å². The smallest absolute Gasteiger partial charge is 0.338 e. The molecule has 0 amide bonds. The molecule has 186 valence electrons. The van der Waals surface area contributed by atoms with Crippen molar-refractivity contribution in [1.29, 1.82) is 0 Å². The number of rotatable bonds is 6. The van der Waals surface area contributed by atoms with Gasteiger partial charge in [-0.25, -0.2) is 17.6 Å². The summed E-state index contributed by atoms with van der Waals surface area (Å²) in [5.74, 6) is -2.54. The van der Waals surface area contributed by atoms with E-state index in [1.165, 1.54) is 30.3 Å². The average molecular weight is 511 g/mol. The van der Waals surface area contributed by atoms with Gasteiger partial charge in [-0.05, 0) is 57.2 Å². The number of anilines is 1. The predicted octanol–water partition coefficient (Wildman–Crippen LogP) is 4.52. The van der Waals surface area contributed by atoms with Gasteiger partial charge in [0.1, 0.15) is 5.82 Å². The molecule has 0 aliphatic carbocycles. The van der Waals surface area contributed by atoms with Crippen LogP contribution >= 0.6 is 0 Å². The van der Waals surface area contributed by atoms with E-state index in [1.54, 1.807) is 51.1 Å². The Bertz CT molecular complexity index is 1590. The normalized spacial score (nSPS) is 11.9. The fourth-order valence-electron chi connectivity index (χ4n) is 3.43. The SMILES string of the molecule is CC(C)(C)C(=O)On1c(O)c(C(=O)c2ccccc2)c2ccc(NS(=O)(=O)c3cccc(F)c3)cc21. The van der Waals surface area contributed by atoms with Crippen LogP contribution in [-0.2, 0) is 14.8 Å². The number of fused-ring (bicyclic) bond motifs is 1. The van der Waals surface area contributed by atoms with Crippen molar-refractivity contribution in [2.45, 2.75) is 25.7 Å². The van der Waals surface area contributed by atoms with Crippen LogP contribution in [0.3, 0.4) is 0 Å². The first-order valence-electron chi connectivity index (χ1n) is 10.9. The van der Waals surface area contributed by atoms with E-state index in [4.69, 9.17) is 4.84 Å². The first kappa shape index (κ1) is 24.9. The van der Waals surface area contributed by atoms with Crippen molar-refractivity contribution >= 4 is 38.4 Å². The third-order valence-electron chi connectivity index (χ3n) is 5.31. The lowest BCUT2D eigenvalue weighted by Gasteiger charge is -2.17. The standard InChI is InChI=1S/C26H23FN2O6S/c1-26(2,3)25(32)35-29-21-15-18(28-36(33,34)19-11-7-10-17(27)14-19)12-13-20(21)22(24(29)31)23(30)16-8-5-4-6-9-16/h4-15,28,31H,1-3H3. The molecular formula is C26H23FN2O6S. The van der Waals surface area contributed by atoms with Gasteiger partial charge < -0.3 is 9.94 Å². The maximum absolute atomic E-state index is 13.6. The van der Waals surface area contributed by atoms with E-state index in [-0.39, 0.29) is 27.0 Å². The summed E-state index contributed by atoms with van der Waals surface area (Å²) in [4.78, 5) is 31.0. The van der Waals surface area contributed by atoms with Gasteiger partial charge in [-0.15, -0.1) is 4.73 Å². The van der Waals surface area contributed by atoms with Gasteiger partial charge in [-0.3, -0.25) is 9.52 Å². The minimum atomic E-state index is -4.16. The Balaban J connectivity index is 1.85. The van der Waals surface area contributed by atoms with E-state index >= 15 is 0 Å². The monoisotopic (exact) mass is 510 g/mol. The molecule has 4 aromatic rings. The number of hydrogen-bond donors (Lipinski definition) is 2. The highest BCUT2D eigenvalue weighted by Gasteiger charge is 2.30. The van der Waals surface area contributed by atoms with Gasteiger partial charge in [-0.2, -0.15) is 0 Å². The molecule has 0 atom stereocenters. The molecule has 0 spiro atoms. The number of halogens is 1. The molecule has 0 unspecified atom stereocenters. The first-order valence-corrected chi connectivity index (χ1v) is 12.3. The molecule has 0 radical (unpaired) electrons. The molecule has 8 nitrogen and oxygen atoms in total. The molecule has 2 N–H and O–H groups in total. The van der Waals surface area contributed by atoms with E-state index < -0.39 is 38.9 Å². The molecule has 0 fully saturated rings. The number of sulfonamides is 1. The van der Waals surface area contributed by atoms with Crippen LogP contribution in [-0.4, -0.2) is 30.0 Å². The number of aromatic hydroxyl groups is 1. The van der Waals surface area contributed by atoms with Crippen LogP contribution in [0.1, 0.15) is 36.7 Å². The molecular weight excluding hydrogens is 487 g/mol. The fraction of sp³-hybridized carbons (Fsp3) is 0.154. The molecule has 0 aliphatic rings. The Morgan fingerprint density at radius 2 is 1.67 bits per heavy atom. The third-order valence-corrected chi connectivity index (χ3v) is 6.69. The van der Waals surface area contributed by atoms with Crippen LogP contribution in [0, 0.1) is 11.2 Å². The summed E-state index contributed by atoms with van der Waals surface area (Å²) in [7, 11) is -4.16. The van der Waals surface area contributed by atoms with Crippen LogP contribution < -0.4 is 9.56 Å². The topological polar surface area (TPSA) is 115 Å². The van der Waals surface area contributed by atoms with Crippen molar-refractivity contribution in [3.05, 3.63) is 89.7 Å². The van der Waals surface area contributed by atoms with Gasteiger partial charge in [0, 0.05) is 10.9 Å². The lowest BCUT2D eigenvalue weighted by atomic mass is 9.98. The quantitative estimate of drug-likeness (QED) is 0.369. The average Bonchev–Trinajstić information content (AvgIpc) is 3.09. The zero-order chi connectivity index (χ0) is 26.3. The molecule has 0 saturated carbocycles. The van der Waals surface area contributed by atoms with E-state index in [1.807, 2.05) is 0 Å². The third kappa shape index (κ3) is 4.80. The van der Waals surface area contributed by atoms with E-state index in [0.717, 1.165) is 16.9 Å². The van der Waals surface area contributed by atoms with Gasteiger partial charge in [-0.1, -0.05) is 36.4 Å². The van der Waals surface area contributed by atoms with E-state index in [0.29, 0.717) is 5.56 Å². The molecule has 36 heavy (non-hydrogen) atoms. The van der Waals surface area contributed by atoms with Crippen molar-refractivity contribution in [2.75, 3.05) is 4.72 Å². The van der Waals surface area contributed by atoms with Crippen molar-refractivity contribution in [1.82, 2.24) is 4.73 Å². The molecule has 0 aliphatic heterocycles. The number of ketones is 1. The second kappa shape index (κ2) is 9.12. The number of nitrogens with one attached hydrogen (secondary N) is 1. The highest BCUT2D eigenvalue weighted by atomic mass is 32.2. The van der Waals surface area contributed by atoms with Crippen LogP contribution in [0.4, 0.5) is 10.1 Å². The highest BCUT2D eigenvalue weighted by molar-refractivity contribution is 7.92. The van der Waals surface area contributed by atoms with Crippen LogP contribution in [0.5, 0.6) is 5.88 Å². The summed E-state index contributed by atoms with van der Waals surface area (Å²) < 4.78 is 42.3. The second-order valence-corrected chi connectivity index (χ2v) is 10.8. The number of carbonyl (C=O) groups is 2. The van der Waals surface area contributed by atoms with Crippen LogP contribution in [0.15, 0.2) is 77.7 Å². The van der Waals surface area contributed by atoms with Gasteiger partial charge in [0.05, 0.1) is 27.1 Å². The summed E-state index contributed by atoms with van der Waals surface area (Å²) in [5.41, 5.74) is -0.648. The number of benzene rings is 3. The van der Waals surface area contributed by atoms with Crippen molar-refractivity contribution in [3.8, 4) is 5.88 Å². The minimum Gasteiger partial charge on any atom is -0.492 e. The zero-order valence-electron chi connectivity index (χ0n) is 19.7. The Hall–Kier alpha value is -4.18. The van der Waals surface area contributed by atoms with Crippen LogP contribution in [0.25, 0.3) is 10.9 Å². The summed E-state index contributed by atoms with van der Waals surface area (Å²) >= 11 is 0. The minimum absolute atomic E-state index is 0.0380. The highest BCUT2D eigenvalue weighted by Crippen LogP contribution is 2.35. The van der Waals surface area contributed by atoms with Gasteiger partial charge in [0.2, 0.25) is 5.88 Å². The number of carbonyl (C=O) groups excluding carboxylic acids is 2. The second-order valence-electron chi connectivity index (χ2n) is 9.11. The van der Waals surface area contributed by atoms with Gasteiger partial charge >= 0.3 is 5.97 Å². The van der Waals surface area contributed by atoms with Crippen LogP contribution in [0.2, 0.25) is 0 Å². The number of nitrogens with zero attached hydrogens (tertiary/aromatic N) is 1. The molecule has 3 aromatic carbocycles. The maximum Gasteiger partial charge on any atom is 0.338 e. The summed E-state index contributed by atoms with van der Waals surface area (Å²) in [6.07, 6.45) is 0. The fourth-order valence-corrected chi connectivity index (χ4v) is 4.51. The molecule has 0 bridgehead atoms. The molecule has 4 rings (SSSR count). The van der Waals surface area contributed by atoms with Crippen molar-refractivity contribution in [3.63, 3.8) is 0 Å². The summed E-state index contributed by atoms with van der Waals surface area (Å²) in [6, 6.07) is 16.8. The molecule has 1 heterocycles. The van der Waals surface area contributed by atoms with Gasteiger partial charge in [0.25, 0.3) is 10.0 Å². The van der Waals surface area contributed by atoms with Crippen molar-refractivity contribution in [2.24, 2.45) is 5.41 Å². The predicted molar refractivity (Wildman–Crippen MR) is 132 cm³/mol. The largest absolute Gasteiger partial charge is 0.492 e. The number of hydrogen-bond acceptors (Lipinski definition) is 6. The summed E-state index contributed by atoms with van der Waals surface area (Å²) in [6.45, 7) is 4.85. The lowest BCUT2D eigenvalue weighted by Crippen LogP contribution is -2.31. The number of aromatic nitrogens is 1.